The number of fused-ring (bicyclic) bond motifs is 2. The summed E-state index contributed by atoms with van der Waals surface area (Å²) in [6.45, 7) is 2.68. The largest absolute Gasteiger partial charge is 0.385 e. The highest BCUT2D eigenvalue weighted by Crippen LogP contribution is 2.26. The highest BCUT2D eigenvalue weighted by molar-refractivity contribution is 5.86. The van der Waals surface area contributed by atoms with Crippen molar-refractivity contribution in [3.05, 3.63) is 78.1 Å². The summed E-state index contributed by atoms with van der Waals surface area (Å²) in [4.78, 5) is 4.67. The Balaban J connectivity index is 1.89. The molecule has 1 atom stereocenters. The van der Waals surface area contributed by atoms with Gasteiger partial charge in [-0.25, -0.2) is 4.98 Å². The molecular formula is C21H20N2O. The fraction of sp³-hybridized carbons (Fsp3) is 0.190. The average Bonchev–Trinajstić information content (AvgIpc) is 3.00. The Kier molecular flexibility index (Phi) is 3.79. The van der Waals surface area contributed by atoms with Gasteiger partial charge in [-0.3, -0.25) is 0 Å². The number of imidazole rings is 1. The van der Waals surface area contributed by atoms with Crippen molar-refractivity contribution in [2.45, 2.75) is 26.0 Å². The van der Waals surface area contributed by atoms with Gasteiger partial charge in [0.15, 0.2) is 0 Å². The van der Waals surface area contributed by atoms with Gasteiger partial charge >= 0.3 is 0 Å². The van der Waals surface area contributed by atoms with Crippen LogP contribution in [0.25, 0.3) is 21.8 Å². The van der Waals surface area contributed by atoms with Crippen molar-refractivity contribution in [1.82, 2.24) is 9.55 Å². The van der Waals surface area contributed by atoms with Crippen molar-refractivity contribution in [3.8, 4) is 0 Å². The summed E-state index contributed by atoms with van der Waals surface area (Å²) < 4.78 is 2.14. The van der Waals surface area contributed by atoms with E-state index >= 15 is 0 Å². The number of para-hydroxylation sites is 2. The molecule has 1 N–H and O–H groups in total. The van der Waals surface area contributed by atoms with Crippen LogP contribution in [0, 0.1) is 0 Å². The predicted molar refractivity (Wildman–Crippen MR) is 98.0 cm³/mol. The Morgan fingerprint density at radius 1 is 0.958 bits per heavy atom. The zero-order valence-electron chi connectivity index (χ0n) is 13.7. The van der Waals surface area contributed by atoms with Gasteiger partial charge in [-0.05, 0) is 34.9 Å². The van der Waals surface area contributed by atoms with E-state index in [0.29, 0.717) is 13.0 Å². The number of benzene rings is 3. The third-order valence-corrected chi connectivity index (χ3v) is 4.58. The summed E-state index contributed by atoms with van der Waals surface area (Å²) in [6.07, 6.45) is 0.103. The first kappa shape index (κ1) is 14.9. The molecule has 0 fully saturated rings. The molecule has 0 saturated heterocycles. The average molecular weight is 316 g/mol. The van der Waals surface area contributed by atoms with Crippen LogP contribution in [-0.4, -0.2) is 14.7 Å². The normalized spacial score (nSPS) is 12.8. The highest BCUT2D eigenvalue weighted by Gasteiger charge is 2.17. The quantitative estimate of drug-likeness (QED) is 0.593. The van der Waals surface area contributed by atoms with Gasteiger partial charge in [0, 0.05) is 0 Å². The minimum absolute atomic E-state index is 0.549. The summed E-state index contributed by atoms with van der Waals surface area (Å²) in [5.41, 5.74) is 3.23. The lowest BCUT2D eigenvalue weighted by atomic mass is 10.0. The fourth-order valence-electron chi connectivity index (χ4n) is 3.30. The molecule has 3 heteroatoms. The molecule has 0 bridgehead atoms. The molecule has 0 aliphatic heterocycles. The van der Waals surface area contributed by atoms with Crippen molar-refractivity contribution < 1.29 is 5.11 Å². The molecule has 0 saturated carbocycles. The molecule has 0 radical (unpaired) electrons. The molecule has 1 unspecified atom stereocenters. The second-order valence-corrected chi connectivity index (χ2v) is 6.11. The number of hydrogen-bond donors (Lipinski definition) is 1. The molecule has 24 heavy (non-hydrogen) atoms. The number of aromatic nitrogens is 2. The lowest BCUT2D eigenvalue weighted by Gasteiger charge is -2.14. The Morgan fingerprint density at radius 3 is 2.58 bits per heavy atom. The zero-order chi connectivity index (χ0) is 16.5. The van der Waals surface area contributed by atoms with E-state index in [0.717, 1.165) is 16.9 Å². The number of hydrogen-bond acceptors (Lipinski definition) is 2. The van der Waals surface area contributed by atoms with Crippen LogP contribution >= 0.6 is 0 Å². The topological polar surface area (TPSA) is 38.1 Å². The van der Waals surface area contributed by atoms with Crippen LogP contribution in [0.15, 0.2) is 66.7 Å². The van der Waals surface area contributed by atoms with Crippen LogP contribution in [-0.2, 0) is 6.54 Å². The molecule has 3 nitrogen and oxygen atoms in total. The summed E-state index contributed by atoms with van der Waals surface area (Å²) in [5.74, 6) is 0.742. The van der Waals surface area contributed by atoms with E-state index in [1.54, 1.807) is 0 Å². The third-order valence-electron chi connectivity index (χ3n) is 4.58. The minimum atomic E-state index is -0.549. The maximum absolute atomic E-state index is 10.4. The van der Waals surface area contributed by atoms with Gasteiger partial charge < -0.3 is 9.67 Å². The standard InChI is InChI=1S/C21H20N2O/c1-2-20(24)21-22-18-12-5-6-13-19(18)23(21)14-16-10-7-9-15-8-3-4-11-17(15)16/h3-13,20,24H,2,14H2,1H3. The second-order valence-electron chi connectivity index (χ2n) is 6.11. The Morgan fingerprint density at radius 2 is 1.71 bits per heavy atom. The number of aliphatic hydroxyl groups is 1. The van der Waals surface area contributed by atoms with Crippen molar-refractivity contribution in [2.24, 2.45) is 0 Å². The van der Waals surface area contributed by atoms with Crippen LogP contribution in [0.5, 0.6) is 0 Å². The SMILES string of the molecule is CCC(O)c1nc2ccccc2n1Cc1cccc2ccccc12. The molecule has 120 valence electrons. The number of rotatable bonds is 4. The highest BCUT2D eigenvalue weighted by atomic mass is 16.3. The van der Waals surface area contributed by atoms with Crippen molar-refractivity contribution in [1.29, 1.82) is 0 Å². The van der Waals surface area contributed by atoms with E-state index in [4.69, 9.17) is 0 Å². The second kappa shape index (κ2) is 6.10. The van der Waals surface area contributed by atoms with E-state index in [1.165, 1.54) is 16.3 Å². The van der Waals surface area contributed by atoms with Gasteiger partial charge in [0.2, 0.25) is 0 Å². The van der Waals surface area contributed by atoms with E-state index in [2.05, 4.69) is 58.1 Å². The van der Waals surface area contributed by atoms with Crippen LogP contribution < -0.4 is 0 Å². The van der Waals surface area contributed by atoms with E-state index in [9.17, 15) is 5.11 Å². The molecule has 0 amide bonds. The van der Waals surface area contributed by atoms with Crippen LogP contribution in [0.3, 0.4) is 0 Å². The Bertz CT molecular complexity index is 998. The maximum atomic E-state index is 10.4. The molecule has 0 spiro atoms. The summed E-state index contributed by atoms with van der Waals surface area (Å²) in [6, 6.07) is 22.9. The van der Waals surface area contributed by atoms with Gasteiger partial charge in [0.25, 0.3) is 0 Å². The van der Waals surface area contributed by atoms with Crippen molar-refractivity contribution in [3.63, 3.8) is 0 Å². The number of nitrogens with zero attached hydrogens (tertiary/aromatic N) is 2. The first-order valence-electron chi connectivity index (χ1n) is 8.38. The fourth-order valence-corrected chi connectivity index (χ4v) is 3.30. The Labute approximate surface area is 141 Å². The summed E-state index contributed by atoms with van der Waals surface area (Å²) in [7, 11) is 0. The third kappa shape index (κ3) is 2.47. The van der Waals surface area contributed by atoms with Gasteiger partial charge in [-0.2, -0.15) is 0 Å². The lowest BCUT2D eigenvalue weighted by Crippen LogP contribution is -2.09. The molecule has 1 heterocycles. The van der Waals surface area contributed by atoms with Crippen LogP contribution in [0.1, 0.15) is 30.8 Å². The predicted octanol–water partition coefficient (Wildman–Crippen LogP) is 4.68. The minimum Gasteiger partial charge on any atom is -0.385 e. The van der Waals surface area contributed by atoms with Crippen molar-refractivity contribution in [2.75, 3.05) is 0 Å². The van der Waals surface area contributed by atoms with Crippen LogP contribution in [0.2, 0.25) is 0 Å². The van der Waals surface area contributed by atoms with E-state index < -0.39 is 6.10 Å². The molecule has 4 rings (SSSR count). The molecule has 4 aromatic rings. The summed E-state index contributed by atoms with van der Waals surface area (Å²) in [5, 5.41) is 12.9. The van der Waals surface area contributed by atoms with Gasteiger partial charge in [-0.15, -0.1) is 0 Å². The first-order valence-corrected chi connectivity index (χ1v) is 8.38. The molecule has 0 aliphatic rings. The van der Waals surface area contributed by atoms with Crippen molar-refractivity contribution >= 4 is 21.8 Å². The molecule has 0 aliphatic carbocycles. The van der Waals surface area contributed by atoms with Gasteiger partial charge in [0.1, 0.15) is 11.9 Å². The number of aliphatic hydroxyl groups excluding tert-OH is 1. The maximum Gasteiger partial charge on any atom is 0.139 e. The van der Waals surface area contributed by atoms with E-state index in [1.807, 2.05) is 25.1 Å². The van der Waals surface area contributed by atoms with Gasteiger partial charge in [0.05, 0.1) is 17.6 Å². The zero-order valence-corrected chi connectivity index (χ0v) is 13.7. The molecular weight excluding hydrogens is 296 g/mol. The first-order chi connectivity index (χ1) is 11.8. The Hall–Kier alpha value is -2.65. The lowest BCUT2D eigenvalue weighted by molar-refractivity contribution is 0.160. The molecule has 3 aromatic carbocycles. The summed E-state index contributed by atoms with van der Waals surface area (Å²) >= 11 is 0. The van der Waals surface area contributed by atoms with E-state index in [-0.39, 0.29) is 0 Å². The van der Waals surface area contributed by atoms with Crippen LogP contribution in [0.4, 0.5) is 0 Å². The monoisotopic (exact) mass is 316 g/mol. The smallest absolute Gasteiger partial charge is 0.139 e. The van der Waals surface area contributed by atoms with Gasteiger partial charge in [-0.1, -0.05) is 61.5 Å². The molecule has 1 aromatic heterocycles.